The van der Waals surface area contributed by atoms with Gasteiger partial charge < -0.3 is 10.6 Å². The average molecular weight is 307 g/mol. The molecule has 0 aliphatic rings. The predicted molar refractivity (Wildman–Crippen MR) is 79.8 cm³/mol. The zero-order chi connectivity index (χ0) is 15.4. The maximum Gasteiger partial charge on any atom is 0.314 e. The molecule has 0 spiro atoms. The molecule has 0 heterocycles. The van der Waals surface area contributed by atoms with Gasteiger partial charge in [-0.15, -0.1) is 0 Å². The summed E-state index contributed by atoms with van der Waals surface area (Å²) < 4.78 is 13.0. The maximum absolute atomic E-state index is 13.0. The summed E-state index contributed by atoms with van der Waals surface area (Å²) in [6.07, 6.45) is 0. The monoisotopic (exact) mass is 306 g/mol. The van der Waals surface area contributed by atoms with E-state index in [0.29, 0.717) is 5.69 Å². The highest BCUT2D eigenvalue weighted by Gasteiger charge is 2.14. The third-order valence-corrected chi connectivity index (χ3v) is 2.98. The molecular weight excluding hydrogens is 295 g/mol. The lowest BCUT2D eigenvalue weighted by molar-refractivity contribution is -0.132. The van der Waals surface area contributed by atoms with Crippen LogP contribution >= 0.6 is 11.6 Å². The lowest BCUT2D eigenvalue weighted by Gasteiger charge is -2.07. The van der Waals surface area contributed by atoms with E-state index in [1.807, 2.05) is 19.1 Å². The van der Waals surface area contributed by atoms with Crippen LogP contribution in [0.5, 0.6) is 0 Å². The third kappa shape index (κ3) is 4.03. The highest BCUT2D eigenvalue weighted by molar-refractivity contribution is 6.43. The SMILES string of the molecule is Cc1ccc(NC(=O)C(=O)Nc2ccc(F)c(Cl)c2)cc1. The van der Waals surface area contributed by atoms with Gasteiger partial charge in [0.1, 0.15) is 5.82 Å². The Bertz CT molecular complexity index is 687. The van der Waals surface area contributed by atoms with E-state index >= 15 is 0 Å². The number of halogens is 2. The van der Waals surface area contributed by atoms with Crippen LogP contribution in [-0.2, 0) is 9.59 Å². The van der Waals surface area contributed by atoms with Crippen LogP contribution in [0.3, 0.4) is 0 Å². The van der Waals surface area contributed by atoms with E-state index in [2.05, 4.69) is 10.6 Å². The largest absolute Gasteiger partial charge is 0.318 e. The Hall–Kier alpha value is -2.40. The molecule has 0 aromatic heterocycles. The first-order chi connectivity index (χ1) is 9.95. The highest BCUT2D eigenvalue weighted by atomic mass is 35.5. The number of rotatable bonds is 2. The maximum atomic E-state index is 13.0. The molecule has 0 unspecified atom stereocenters. The molecular formula is C15H12ClFN2O2. The van der Waals surface area contributed by atoms with E-state index in [9.17, 15) is 14.0 Å². The van der Waals surface area contributed by atoms with Gasteiger partial charge in [-0.25, -0.2) is 4.39 Å². The molecule has 21 heavy (non-hydrogen) atoms. The molecule has 0 saturated carbocycles. The van der Waals surface area contributed by atoms with Crippen LogP contribution in [0.4, 0.5) is 15.8 Å². The van der Waals surface area contributed by atoms with Crippen molar-refractivity contribution in [3.05, 3.63) is 58.9 Å². The summed E-state index contributed by atoms with van der Waals surface area (Å²) in [6.45, 7) is 1.91. The van der Waals surface area contributed by atoms with Crippen LogP contribution < -0.4 is 10.6 Å². The quantitative estimate of drug-likeness (QED) is 0.836. The number of nitrogens with one attached hydrogen (secondary N) is 2. The van der Waals surface area contributed by atoms with Crippen molar-refractivity contribution in [3.63, 3.8) is 0 Å². The number of benzene rings is 2. The van der Waals surface area contributed by atoms with E-state index in [4.69, 9.17) is 11.6 Å². The van der Waals surface area contributed by atoms with Crippen molar-refractivity contribution >= 4 is 34.8 Å². The van der Waals surface area contributed by atoms with E-state index in [0.717, 1.165) is 11.6 Å². The Labute approximate surface area is 125 Å². The molecule has 0 aliphatic carbocycles. The summed E-state index contributed by atoms with van der Waals surface area (Å²) in [5.41, 5.74) is 1.79. The van der Waals surface area contributed by atoms with E-state index < -0.39 is 17.6 Å². The van der Waals surface area contributed by atoms with Gasteiger partial charge in [0.05, 0.1) is 5.02 Å². The molecule has 2 aromatic carbocycles. The van der Waals surface area contributed by atoms with Gasteiger partial charge in [0.15, 0.2) is 0 Å². The third-order valence-electron chi connectivity index (χ3n) is 2.69. The van der Waals surface area contributed by atoms with Crippen LogP contribution in [0.1, 0.15) is 5.56 Å². The Morgan fingerprint density at radius 3 is 2.05 bits per heavy atom. The summed E-state index contributed by atoms with van der Waals surface area (Å²) >= 11 is 5.59. The Morgan fingerprint density at radius 1 is 0.952 bits per heavy atom. The summed E-state index contributed by atoms with van der Waals surface area (Å²) in [5, 5.41) is 4.66. The van der Waals surface area contributed by atoms with Gasteiger partial charge in [0, 0.05) is 11.4 Å². The van der Waals surface area contributed by atoms with Crippen LogP contribution in [0.2, 0.25) is 5.02 Å². The fourth-order valence-electron chi connectivity index (χ4n) is 1.59. The summed E-state index contributed by atoms with van der Waals surface area (Å²) in [4.78, 5) is 23.4. The summed E-state index contributed by atoms with van der Waals surface area (Å²) in [7, 11) is 0. The first-order valence-corrected chi connectivity index (χ1v) is 6.47. The fourth-order valence-corrected chi connectivity index (χ4v) is 1.77. The molecule has 0 aliphatic heterocycles. The van der Waals surface area contributed by atoms with Crippen molar-refractivity contribution in [2.45, 2.75) is 6.92 Å². The van der Waals surface area contributed by atoms with Gasteiger partial charge in [-0.05, 0) is 37.3 Å². The zero-order valence-corrected chi connectivity index (χ0v) is 11.9. The lowest BCUT2D eigenvalue weighted by Crippen LogP contribution is -2.29. The van der Waals surface area contributed by atoms with Crippen LogP contribution in [0, 0.1) is 12.7 Å². The van der Waals surface area contributed by atoms with Crippen molar-refractivity contribution in [2.24, 2.45) is 0 Å². The van der Waals surface area contributed by atoms with Gasteiger partial charge in [-0.1, -0.05) is 29.3 Å². The molecule has 2 rings (SSSR count). The number of anilines is 2. The number of amides is 2. The molecule has 0 saturated heterocycles. The normalized spacial score (nSPS) is 10.0. The fraction of sp³-hybridized carbons (Fsp3) is 0.0667. The van der Waals surface area contributed by atoms with E-state index in [1.165, 1.54) is 12.1 Å². The smallest absolute Gasteiger partial charge is 0.314 e. The molecule has 6 heteroatoms. The first-order valence-electron chi connectivity index (χ1n) is 6.10. The topological polar surface area (TPSA) is 58.2 Å². The van der Waals surface area contributed by atoms with Gasteiger partial charge in [-0.3, -0.25) is 9.59 Å². The predicted octanol–water partition coefficient (Wildman–Crippen LogP) is 3.36. The van der Waals surface area contributed by atoms with Crippen LogP contribution in [-0.4, -0.2) is 11.8 Å². The second kappa shape index (κ2) is 6.37. The number of carbonyl (C=O) groups is 2. The Kier molecular flexibility index (Phi) is 4.55. The first kappa shape index (κ1) is 15.0. The Balaban J connectivity index is 2.00. The number of hydrogen-bond donors (Lipinski definition) is 2. The molecule has 2 amide bonds. The molecule has 4 nitrogen and oxygen atoms in total. The lowest BCUT2D eigenvalue weighted by atomic mass is 10.2. The Morgan fingerprint density at radius 2 is 1.48 bits per heavy atom. The molecule has 2 N–H and O–H groups in total. The molecule has 0 bridgehead atoms. The standard InChI is InChI=1S/C15H12ClFN2O2/c1-9-2-4-10(5-3-9)18-14(20)15(21)19-11-6-7-13(17)12(16)8-11/h2-8H,1H3,(H,18,20)(H,19,21). The van der Waals surface area contributed by atoms with Gasteiger partial charge in [0.2, 0.25) is 0 Å². The van der Waals surface area contributed by atoms with Gasteiger partial charge in [-0.2, -0.15) is 0 Å². The average Bonchev–Trinajstić information content (AvgIpc) is 2.45. The second-order valence-corrected chi connectivity index (χ2v) is 4.81. The molecule has 108 valence electrons. The molecule has 0 radical (unpaired) electrons. The zero-order valence-electron chi connectivity index (χ0n) is 11.1. The molecule has 2 aromatic rings. The minimum absolute atomic E-state index is 0.133. The number of carbonyl (C=O) groups excluding carboxylic acids is 2. The van der Waals surface area contributed by atoms with Crippen molar-refractivity contribution in [2.75, 3.05) is 10.6 Å². The minimum atomic E-state index is -0.863. The van der Waals surface area contributed by atoms with Crippen LogP contribution in [0.15, 0.2) is 42.5 Å². The molecule has 0 atom stereocenters. The van der Waals surface area contributed by atoms with Crippen molar-refractivity contribution in [1.29, 1.82) is 0 Å². The van der Waals surface area contributed by atoms with E-state index in [1.54, 1.807) is 12.1 Å². The second-order valence-electron chi connectivity index (χ2n) is 4.40. The van der Waals surface area contributed by atoms with Crippen molar-refractivity contribution in [1.82, 2.24) is 0 Å². The highest BCUT2D eigenvalue weighted by Crippen LogP contribution is 2.19. The van der Waals surface area contributed by atoms with E-state index in [-0.39, 0.29) is 10.7 Å². The number of aryl methyl sites for hydroxylation is 1. The summed E-state index contributed by atoms with van der Waals surface area (Å²) in [6, 6.07) is 10.7. The van der Waals surface area contributed by atoms with Crippen LogP contribution in [0.25, 0.3) is 0 Å². The van der Waals surface area contributed by atoms with Crippen molar-refractivity contribution in [3.8, 4) is 0 Å². The number of hydrogen-bond acceptors (Lipinski definition) is 2. The van der Waals surface area contributed by atoms with Gasteiger partial charge >= 0.3 is 11.8 Å². The summed E-state index contributed by atoms with van der Waals surface area (Å²) in [5.74, 6) is -2.28. The van der Waals surface area contributed by atoms with Crippen molar-refractivity contribution < 1.29 is 14.0 Å². The van der Waals surface area contributed by atoms with Gasteiger partial charge in [0.25, 0.3) is 0 Å². The minimum Gasteiger partial charge on any atom is -0.318 e. The molecule has 0 fully saturated rings.